The molecule has 1 amide bonds. The van der Waals surface area contributed by atoms with Gasteiger partial charge in [0, 0.05) is 5.92 Å². The number of methoxy groups -OCH3 is 1. The van der Waals surface area contributed by atoms with Crippen molar-refractivity contribution in [2.75, 3.05) is 19.0 Å². The smallest absolute Gasteiger partial charge is 0.229 e. The van der Waals surface area contributed by atoms with Gasteiger partial charge in [-0.2, -0.15) is 0 Å². The number of ether oxygens (including phenoxy) is 2. The van der Waals surface area contributed by atoms with Gasteiger partial charge in [-0.05, 0) is 55.2 Å². The molecule has 2 aromatic carbocycles. The van der Waals surface area contributed by atoms with Crippen LogP contribution in [0.3, 0.4) is 0 Å². The highest BCUT2D eigenvalue weighted by atomic mass is 32.1. The van der Waals surface area contributed by atoms with Crippen molar-refractivity contribution in [3.8, 4) is 11.5 Å². The van der Waals surface area contributed by atoms with Gasteiger partial charge >= 0.3 is 0 Å². The summed E-state index contributed by atoms with van der Waals surface area (Å²) in [7, 11) is 1.65. The van der Waals surface area contributed by atoms with Gasteiger partial charge in [-0.15, -0.1) is 0 Å². The monoisotopic (exact) mass is 368 g/mol. The second-order valence-corrected chi connectivity index (χ2v) is 7.33. The quantitative estimate of drug-likeness (QED) is 0.698. The van der Waals surface area contributed by atoms with E-state index in [0.717, 1.165) is 33.7 Å². The number of fused-ring (bicyclic) bond motifs is 1. The Morgan fingerprint density at radius 1 is 1.27 bits per heavy atom. The Morgan fingerprint density at radius 3 is 2.96 bits per heavy atom. The molecule has 26 heavy (non-hydrogen) atoms. The number of benzene rings is 2. The summed E-state index contributed by atoms with van der Waals surface area (Å²) in [6, 6.07) is 13.7. The highest BCUT2D eigenvalue weighted by Gasteiger charge is 2.44. The Bertz CT molecular complexity index is 953. The summed E-state index contributed by atoms with van der Waals surface area (Å²) in [6.45, 7) is 2.58. The number of nitrogens with zero attached hydrogens (tertiary/aromatic N) is 1. The van der Waals surface area contributed by atoms with Crippen molar-refractivity contribution < 1.29 is 14.3 Å². The molecule has 1 fully saturated rings. The van der Waals surface area contributed by atoms with Crippen molar-refractivity contribution in [3.63, 3.8) is 0 Å². The SMILES string of the molecule is CCOc1ccc2nc(NC(=O)C3CC3c3cccc(OC)c3)sc2c1. The van der Waals surface area contributed by atoms with Crippen LogP contribution in [0.5, 0.6) is 11.5 Å². The van der Waals surface area contributed by atoms with Gasteiger partial charge in [-0.25, -0.2) is 4.98 Å². The third kappa shape index (κ3) is 3.37. The summed E-state index contributed by atoms with van der Waals surface area (Å²) in [6.07, 6.45) is 0.860. The summed E-state index contributed by atoms with van der Waals surface area (Å²) in [5.74, 6) is 1.92. The fourth-order valence-electron chi connectivity index (χ4n) is 3.14. The minimum atomic E-state index is -0.00639. The van der Waals surface area contributed by atoms with Gasteiger partial charge in [-0.1, -0.05) is 23.5 Å². The van der Waals surface area contributed by atoms with E-state index in [9.17, 15) is 4.79 Å². The molecule has 0 aliphatic heterocycles. The lowest BCUT2D eigenvalue weighted by Crippen LogP contribution is -2.14. The molecule has 1 aliphatic carbocycles. The minimum absolute atomic E-state index is 0.00639. The molecule has 6 heteroatoms. The van der Waals surface area contributed by atoms with Crippen molar-refractivity contribution in [2.24, 2.45) is 5.92 Å². The minimum Gasteiger partial charge on any atom is -0.497 e. The van der Waals surface area contributed by atoms with Crippen LogP contribution in [0.1, 0.15) is 24.8 Å². The molecule has 3 aromatic rings. The molecule has 1 aliphatic rings. The number of amides is 1. The maximum atomic E-state index is 12.6. The first kappa shape index (κ1) is 16.8. The topological polar surface area (TPSA) is 60.5 Å². The largest absolute Gasteiger partial charge is 0.497 e. The molecule has 134 valence electrons. The Morgan fingerprint density at radius 2 is 2.15 bits per heavy atom. The zero-order valence-electron chi connectivity index (χ0n) is 14.7. The van der Waals surface area contributed by atoms with Gasteiger partial charge < -0.3 is 14.8 Å². The lowest BCUT2D eigenvalue weighted by Gasteiger charge is -2.04. The number of carbonyl (C=O) groups is 1. The van der Waals surface area contributed by atoms with Crippen molar-refractivity contribution in [3.05, 3.63) is 48.0 Å². The second-order valence-electron chi connectivity index (χ2n) is 6.30. The molecule has 0 radical (unpaired) electrons. The molecular formula is C20H20N2O3S. The number of aromatic nitrogens is 1. The first-order valence-corrected chi connectivity index (χ1v) is 9.47. The van der Waals surface area contributed by atoms with Gasteiger partial charge in [0.15, 0.2) is 5.13 Å². The van der Waals surface area contributed by atoms with Crippen LogP contribution >= 0.6 is 11.3 Å². The van der Waals surface area contributed by atoms with Gasteiger partial charge in [-0.3, -0.25) is 4.79 Å². The predicted molar refractivity (Wildman–Crippen MR) is 103 cm³/mol. The first-order chi connectivity index (χ1) is 12.7. The fraction of sp³-hybridized carbons (Fsp3) is 0.300. The lowest BCUT2D eigenvalue weighted by atomic mass is 10.1. The van der Waals surface area contributed by atoms with E-state index in [4.69, 9.17) is 9.47 Å². The van der Waals surface area contributed by atoms with E-state index < -0.39 is 0 Å². The second kappa shape index (κ2) is 6.96. The number of hydrogen-bond acceptors (Lipinski definition) is 5. The van der Waals surface area contributed by atoms with Crippen LogP contribution in [0.4, 0.5) is 5.13 Å². The fourth-order valence-corrected chi connectivity index (χ4v) is 4.04. The Hall–Kier alpha value is -2.60. The van der Waals surface area contributed by atoms with Crippen molar-refractivity contribution >= 4 is 32.6 Å². The summed E-state index contributed by atoms with van der Waals surface area (Å²) >= 11 is 1.47. The van der Waals surface area contributed by atoms with Gasteiger partial charge in [0.25, 0.3) is 0 Å². The van der Waals surface area contributed by atoms with E-state index in [1.165, 1.54) is 11.3 Å². The molecule has 2 atom stereocenters. The van der Waals surface area contributed by atoms with Gasteiger partial charge in [0.2, 0.25) is 5.91 Å². The third-order valence-corrected chi connectivity index (χ3v) is 5.48. The molecule has 0 spiro atoms. The number of thiazole rings is 1. The van der Waals surface area contributed by atoms with Crippen LogP contribution in [0.15, 0.2) is 42.5 Å². The van der Waals surface area contributed by atoms with Gasteiger partial charge in [0.1, 0.15) is 11.5 Å². The highest BCUT2D eigenvalue weighted by Crippen LogP contribution is 2.48. The maximum absolute atomic E-state index is 12.6. The van der Waals surface area contributed by atoms with E-state index in [2.05, 4.69) is 10.3 Å². The molecule has 0 bridgehead atoms. The molecule has 1 saturated carbocycles. The maximum Gasteiger partial charge on any atom is 0.229 e. The van der Waals surface area contributed by atoms with E-state index in [1.807, 2.05) is 49.4 Å². The average Bonchev–Trinajstić information content (AvgIpc) is 3.36. The molecule has 1 aromatic heterocycles. The normalized spacial score (nSPS) is 18.5. The molecule has 5 nitrogen and oxygen atoms in total. The summed E-state index contributed by atoms with van der Waals surface area (Å²) in [4.78, 5) is 17.1. The molecule has 1 N–H and O–H groups in total. The van der Waals surface area contributed by atoms with Crippen LogP contribution in [-0.4, -0.2) is 24.6 Å². The zero-order valence-corrected chi connectivity index (χ0v) is 15.5. The Labute approximate surface area is 156 Å². The van der Waals surface area contributed by atoms with Crippen molar-refractivity contribution in [2.45, 2.75) is 19.3 Å². The lowest BCUT2D eigenvalue weighted by molar-refractivity contribution is -0.117. The van der Waals surface area contributed by atoms with Crippen LogP contribution in [0.2, 0.25) is 0 Å². The Balaban J connectivity index is 1.44. The Kier molecular flexibility index (Phi) is 4.51. The summed E-state index contributed by atoms with van der Waals surface area (Å²) < 4.78 is 11.8. The third-order valence-electron chi connectivity index (χ3n) is 4.55. The predicted octanol–water partition coefficient (Wildman–Crippen LogP) is 4.45. The number of rotatable bonds is 6. The molecule has 0 saturated heterocycles. The number of anilines is 1. The standard InChI is InChI=1S/C20H20N2O3S/c1-3-25-14-7-8-17-18(10-14)26-20(21-17)22-19(23)16-11-15(16)12-5-4-6-13(9-12)24-2/h4-10,15-16H,3,11H2,1-2H3,(H,21,22,23). The van der Waals surface area contributed by atoms with E-state index in [-0.39, 0.29) is 17.7 Å². The molecular weight excluding hydrogens is 348 g/mol. The first-order valence-electron chi connectivity index (χ1n) is 8.66. The molecule has 2 unspecified atom stereocenters. The number of nitrogens with one attached hydrogen (secondary N) is 1. The van der Waals surface area contributed by atoms with E-state index in [0.29, 0.717) is 11.7 Å². The number of hydrogen-bond donors (Lipinski definition) is 1. The van der Waals surface area contributed by atoms with Gasteiger partial charge in [0.05, 0.1) is 23.9 Å². The highest BCUT2D eigenvalue weighted by molar-refractivity contribution is 7.22. The van der Waals surface area contributed by atoms with Crippen LogP contribution < -0.4 is 14.8 Å². The summed E-state index contributed by atoms with van der Waals surface area (Å²) in [5.41, 5.74) is 2.02. The number of carbonyl (C=O) groups excluding carboxylic acids is 1. The van der Waals surface area contributed by atoms with E-state index in [1.54, 1.807) is 7.11 Å². The molecule has 4 rings (SSSR count). The zero-order chi connectivity index (χ0) is 18.1. The van der Waals surface area contributed by atoms with Crippen LogP contribution in [0.25, 0.3) is 10.2 Å². The molecule has 1 heterocycles. The van der Waals surface area contributed by atoms with Crippen molar-refractivity contribution in [1.82, 2.24) is 4.98 Å². The van der Waals surface area contributed by atoms with Crippen molar-refractivity contribution in [1.29, 1.82) is 0 Å². The van der Waals surface area contributed by atoms with Crippen LogP contribution in [0, 0.1) is 5.92 Å². The average molecular weight is 368 g/mol. The summed E-state index contributed by atoms with van der Waals surface area (Å²) in [5, 5.41) is 3.60. The van der Waals surface area contributed by atoms with E-state index >= 15 is 0 Å². The van der Waals surface area contributed by atoms with Crippen LogP contribution in [-0.2, 0) is 4.79 Å².